The van der Waals surface area contributed by atoms with Crippen molar-refractivity contribution in [1.82, 2.24) is 14.9 Å². The van der Waals surface area contributed by atoms with Crippen LogP contribution in [0.25, 0.3) is 0 Å². The van der Waals surface area contributed by atoms with Crippen molar-refractivity contribution in [1.29, 1.82) is 0 Å². The Morgan fingerprint density at radius 1 is 1.26 bits per heavy atom. The molecule has 0 saturated carbocycles. The van der Waals surface area contributed by atoms with Gasteiger partial charge in [-0.25, -0.2) is 4.98 Å². The first-order valence-corrected chi connectivity index (χ1v) is 6.93. The van der Waals surface area contributed by atoms with Crippen LogP contribution in [0.4, 0.5) is 11.6 Å². The number of aromatic nitrogens is 2. The van der Waals surface area contributed by atoms with Crippen LogP contribution in [0.5, 0.6) is 0 Å². The Morgan fingerprint density at radius 2 is 2.11 bits per heavy atom. The van der Waals surface area contributed by atoms with Crippen LogP contribution in [-0.2, 0) is 4.74 Å². The van der Waals surface area contributed by atoms with E-state index in [1.54, 1.807) is 6.20 Å². The molecule has 2 fully saturated rings. The van der Waals surface area contributed by atoms with Gasteiger partial charge in [0.1, 0.15) is 11.6 Å². The Bertz CT molecular complexity index is 421. The van der Waals surface area contributed by atoms with E-state index in [0.717, 1.165) is 51.0 Å². The molecule has 0 amide bonds. The van der Waals surface area contributed by atoms with Crippen LogP contribution in [0, 0.1) is 0 Å². The lowest BCUT2D eigenvalue weighted by molar-refractivity contribution is 0.0209. The number of hydrogen-bond acceptors (Lipinski definition) is 6. The summed E-state index contributed by atoms with van der Waals surface area (Å²) in [5.41, 5.74) is 0. The third-order valence-corrected chi connectivity index (χ3v) is 3.93. The molecule has 2 aliphatic heterocycles. The topological polar surface area (TPSA) is 53.5 Å². The van der Waals surface area contributed by atoms with Gasteiger partial charge in [-0.15, -0.1) is 0 Å². The minimum atomic E-state index is 0.629. The molecule has 1 aromatic heterocycles. The summed E-state index contributed by atoms with van der Waals surface area (Å²) in [7, 11) is 1.87. The number of nitrogens with zero attached hydrogens (tertiary/aromatic N) is 4. The third-order valence-electron chi connectivity index (χ3n) is 3.93. The maximum Gasteiger partial charge on any atom is 0.149 e. The summed E-state index contributed by atoms with van der Waals surface area (Å²) in [5, 5.41) is 3.04. The number of nitrogens with one attached hydrogen (secondary N) is 1. The van der Waals surface area contributed by atoms with Gasteiger partial charge in [0.2, 0.25) is 0 Å². The molecule has 1 unspecified atom stereocenters. The molecular weight excluding hydrogens is 242 g/mol. The Morgan fingerprint density at radius 3 is 2.89 bits per heavy atom. The average molecular weight is 263 g/mol. The molecule has 3 rings (SSSR count). The van der Waals surface area contributed by atoms with Crippen molar-refractivity contribution in [3.8, 4) is 0 Å². The molecule has 1 atom stereocenters. The Balaban J connectivity index is 1.64. The van der Waals surface area contributed by atoms with Crippen molar-refractivity contribution in [2.75, 3.05) is 56.7 Å². The molecule has 6 nitrogen and oxygen atoms in total. The summed E-state index contributed by atoms with van der Waals surface area (Å²) in [5.74, 6) is 1.80. The maximum atomic E-state index is 5.42. The van der Waals surface area contributed by atoms with Crippen molar-refractivity contribution in [3.63, 3.8) is 0 Å². The van der Waals surface area contributed by atoms with Gasteiger partial charge in [-0.2, -0.15) is 0 Å². The molecule has 1 aromatic rings. The van der Waals surface area contributed by atoms with Crippen molar-refractivity contribution in [2.24, 2.45) is 0 Å². The molecule has 0 aromatic carbocycles. The number of morpholine rings is 1. The maximum absolute atomic E-state index is 5.42. The zero-order valence-corrected chi connectivity index (χ0v) is 11.4. The summed E-state index contributed by atoms with van der Waals surface area (Å²) >= 11 is 0. The molecule has 6 heteroatoms. The van der Waals surface area contributed by atoms with Crippen molar-refractivity contribution in [2.45, 2.75) is 12.5 Å². The SMILES string of the molecule is CNc1cncc(N2CCC(N3CCOCC3)C2)n1. The average Bonchev–Trinajstić information content (AvgIpc) is 2.98. The standard InChI is InChI=1S/C13H21N5O/c1-14-12-8-15-9-13(16-12)18-3-2-11(10-18)17-4-6-19-7-5-17/h8-9,11H,2-7,10H2,1H3,(H,14,16). The highest BCUT2D eigenvalue weighted by molar-refractivity contribution is 5.44. The highest BCUT2D eigenvalue weighted by Crippen LogP contribution is 2.22. The molecule has 104 valence electrons. The van der Waals surface area contributed by atoms with Crippen LogP contribution in [0.2, 0.25) is 0 Å². The van der Waals surface area contributed by atoms with Gasteiger partial charge in [-0.05, 0) is 6.42 Å². The predicted molar refractivity (Wildman–Crippen MR) is 74.6 cm³/mol. The summed E-state index contributed by atoms with van der Waals surface area (Å²) in [6.07, 6.45) is 4.80. The van der Waals surface area contributed by atoms with E-state index in [4.69, 9.17) is 4.74 Å². The quantitative estimate of drug-likeness (QED) is 0.853. The molecule has 0 radical (unpaired) electrons. The summed E-state index contributed by atoms with van der Waals surface area (Å²) in [4.78, 5) is 13.7. The fraction of sp³-hybridized carbons (Fsp3) is 0.692. The van der Waals surface area contributed by atoms with Crippen LogP contribution >= 0.6 is 0 Å². The van der Waals surface area contributed by atoms with Gasteiger partial charge in [0.05, 0.1) is 25.6 Å². The van der Waals surface area contributed by atoms with E-state index in [1.165, 1.54) is 6.42 Å². The third kappa shape index (κ3) is 2.79. The first kappa shape index (κ1) is 12.6. The molecular formula is C13H21N5O. The lowest BCUT2D eigenvalue weighted by Crippen LogP contribution is -2.44. The van der Waals surface area contributed by atoms with Crippen LogP contribution in [0.1, 0.15) is 6.42 Å². The molecule has 19 heavy (non-hydrogen) atoms. The second-order valence-electron chi connectivity index (χ2n) is 5.05. The first-order valence-electron chi connectivity index (χ1n) is 6.93. The molecule has 2 aliphatic rings. The fourth-order valence-electron chi connectivity index (χ4n) is 2.82. The van der Waals surface area contributed by atoms with Gasteiger partial charge >= 0.3 is 0 Å². The largest absolute Gasteiger partial charge is 0.379 e. The number of ether oxygens (including phenoxy) is 1. The number of hydrogen-bond donors (Lipinski definition) is 1. The molecule has 1 N–H and O–H groups in total. The van der Waals surface area contributed by atoms with Crippen molar-refractivity contribution >= 4 is 11.6 Å². The fourth-order valence-corrected chi connectivity index (χ4v) is 2.82. The molecule has 3 heterocycles. The van der Waals surface area contributed by atoms with Crippen molar-refractivity contribution in [3.05, 3.63) is 12.4 Å². The van der Waals surface area contributed by atoms with Gasteiger partial charge in [0.25, 0.3) is 0 Å². The van der Waals surface area contributed by atoms with E-state index in [2.05, 4.69) is 25.1 Å². The zero-order valence-electron chi connectivity index (χ0n) is 11.4. The normalized spacial score (nSPS) is 24.7. The van der Waals surface area contributed by atoms with Crippen LogP contribution in [0.15, 0.2) is 12.4 Å². The van der Waals surface area contributed by atoms with Crippen LogP contribution in [0.3, 0.4) is 0 Å². The van der Waals surface area contributed by atoms with Gasteiger partial charge in [0, 0.05) is 39.3 Å². The van der Waals surface area contributed by atoms with E-state index in [1.807, 2.05) is 13.2 Å². The highest BCUT2D eigenvalue weighted by atomic mass is 16.5. The first-order chi connectivity index (χ1) is 9.36. The summed E-state index contributed by atoms with van der Waals surface area (Å²) < 4.78 is 5.42. The van der Waals surface area contributed by atoms with E-state index >= 15 is 0 Å². The van der Waals surface area contributed by atoms with E-state index in [0.29, 0.717) is 6.04 Å². The van der Waals surface area contributed by atoms with Gasteiger partial charge < -0.3 is 15.0 Å². The van der Waals surface area contributed by atoms with E-state index in [-0.39, 0.29) is 0 Å². The number of anilines is 2. The Kier molecular flexibility index (Phi) is 3.79. The smallest absolute Gasteiger partial charge is 0.149 e. The minimum absolute atomic E-state index is 0.629. The Labute approximate surface area is 113 Å². The molecule has 2 saturated heterocycles. The monoisotopic (exact) mass is 263 g/mol. The van der Waals surface area contributed by atoms with E-state index in [9.17, 15) is 0 Å². The molecule has 0 aliphatic carbocycles. The highest BCUT2D eigenvalue weighted by Gasteiger charge is 2.29. The second kappa shape index (κ2) is 5.71. The molecule has 0 bridgehead atoms. The van der Waals surface area contributed by atoms with Crippen LogP contribution in [-0.4, -0.2) is 67.4 Å². The lowest BCUT2D eigenvalue weighted by atomic mass is 10.2. The second-order valence-corrected chi connectivity index (χ2v) is 5.05. The summed E-state index contributed by atoms with van der Waals surface area (Å²) in [6.45, 7) is 5.95. The van der Waals surface area contributed by atoms with Crippen molar-refractivity contribution < 1.29 is 4.74 Å². The predicted octanol–water partition coefficient (Wildman–Crippen LogP) is 0.429. The summed E-state index contributed by atoms with van der Waals surface area (Å²) in [6, 6.07) is 0.629. The van der Waals surface area contributed by atoms with E-state index < -0.39 is 0 Å². The van der Waals surface area contributed by atoms with Gasteiger partial charge in [-0.3, -0.25) is 9.88 Å². The number of rotatable bonds is 3. The van der Waals surface area contributed by atoms with Crippen LogP contribution < -0.4 is 10.2 Å². The Hall–Kier alpha value is -1.40. The zero-order chi connectivity index (χ0) is 13.1. The minimum Gasteiger partial charge on any atom is -0.379 e. The molecule has 0 spiro atoms. The lowest BCUT2D eigenvalue weighted by Gasteiger charge is -2.32. The van der Waals surface area contributed by atoms with Gasteiger partial charge in [-0.1, -0.05) is 0 Å². The van der Waals surface area contributed by atoms with Gasteiger partial charge in [0.15, 0.2) is 0 Å².